The van der Waals surface area contributed by atoms with E-state index in [0.717, 1.165) is 12.8 Å². The number of hydrogen-bond donors (Lipinski definition) is 1. The van der Waals surface area contributed by atoms with Crippen LogP contribution in [0.3, 0.4) is 0 Å². The van der Waals surface area contributed by atoms with E-state index in [1.807, 2.05) is 13.8 Å². The molecule has 0 amide bonds. The Hall–Kier alpha value is -0.350. The summed E-state index contributed by atoms with van der Waals surface area (Å²) in [7, 11) is -3.41. The molecule has 0 aliphatic rings. The third kappa shape index (κ3) is 4.77. The van der Waals surface area contributed by atoms with Crippen molar-refractivity contribution in [1.82, 2.24) is 0 Å². The fraction of sp³-hybridized carbons (Fsp3) is 0.800. The second-order valence-electron chi connectivity index (χ2n) is 3.77. The van der Waals surface area contributed by atoms with Gasteiger partial charge in [-0.15, -0.1) is 6.58 Å². The van der Waals surface area contributed by atoms with Crippen molar-refractivity contribution in [3.8, 4) is 0 Å². The number of nitrogens with two attached hydrogens (primary N) is 1. The van der Waals surface area contributed by atoms with E-state index < -0.39 is 15.3 Å². The molecular formula is C10H21NO2S. The fourth-order valence-corrected chi connectivity index (χ4v) is 2.85. The van der Waals surface area contributed by atoms with Gasteiger partial charge in [-0.25, -0.2) is 13.6 Å². The van der Waals surface area contributed by atoms with Gasteiger partial charge in [0.2, 0.25) is 10.0 Å². The summed E-state index contributed by atoms with van der Waals surface area (Å²) >= 11 is 0. The molecule has 84 valence electrons. The average Bonchev–Trinajstić information content (AvgIpc) is 2.03. The molecule has 0 aliphatic heterocycles. The molecule has 2 N–H and O–H groups in total. The Bertz CT molecular complexity index is 259. The van der Waals surface area contributed by atoms with Crippen LogP contribution < -0.4 is 5.14 Å². The zero-order valence-electron chi connectivity index (χ0n) is 9.07. The molecule has 0 heterocycles. The summed E-state index contributed by atoms with van der Waals surface area (Å²) in [6, 6.07) is 0. The van der Waals surface area contributed by atoms with Crippen LogP contribution in [0.2, 0.25) is 0 Å². The zero-order valence-corrected chi connectivity index (χ0v) is 9.89. The summed E-state index contributed by atoms with van der Waals surface area (Å²) in [5.41, 5.74) is 0. The first-order valence-corrected chi connectivity index (χ1v) is 6.66. The summed E-state index contributed by atoms with van der Waals surface area (Å²) in [6.07, 6.45) is 5.00. The zero-order chi connectivity index (χ0) is 11.2. The van der Waals surface area contributed by atoms with Crippen molar-refractivity contribution in [3.05, 3.63) is 12.7 Å². The summed E-state index contributed by atoms with van der Waals surface area (Å²) in [6.45, 7) is 7.56. The first-order chi connectivity index (χ1) is 6.43. The number of unbranched alkanes of at least 4 members (excludes halogenated alkanes) is 1. The molecule has 0 aromatic heterocycles. The van der Waals surface area contributed by atoms with E-state index in [0.29, 0.717) is 12.8 Å². The molecule has 2 atom stereocenters. The smallest absolute Gasteiger partial charge is 0.212 e. The van der Waals surface area contributed by atoms with Gasteiger partial charge in [0.15, 0.2) is 0 Å². The maximum atomic E-state index is 11.3. The van der Waals surface area contributed by atoms with Crippen LogP contribution in [0.5, 0.6) is 0 Å². The molecule has 0 aliphatic carbocycles. The van der Waals surface area contributed by atoms with Crippen molar-refractivity contribution in [3.63, 3.8) is 0 Å². The first-order valence-electron chi connectivity index (χ1n) is 5.06. The summed E-state index contributed by atoms with van der Waals surface area (Å²) in [5.74, 6) is 0.0639. The second kappa shape index (κ2) is 6.19. The molecule has 0 saturated heterocycles. The molecular weight excluding hydrogens is 198 g/mol. The van der Waals surface area contributed by atoms with E-state index in [9.17, 15) is 8.42 Å². The van der Waals surface area contributed by atoms with Gasteiger partial charge in [-0.2, -0.15) is 0 Å². The molecule has 0 aromatic carbocycles. The van der Waals surface area contributed by atoms with Crippen LogP contribution in [0.25, 0.3) is 0 Å². The van der Waals surface area contributed by atoms with Crippen molar-refractivity contribution in [1.29, 1.82) is 0 Å². The lowest BCUT2D eigenvalue weighted by atomic mass is 9.99. The Morgan fingerprint density at radius 2 is 2.07 bits per heavy atom. The van der Waals surface area contributed by atoms with E-state index in [-0.39, 0.29) is 5.92 Å². The van der Waals surface area contributed by atoms with E-state index in [1.54, 1.807) is 6.08 Å². The topological polar surface area (TPSA) is 60.2 Å². The Morgan fingerprint density at radius 3 is 2.43 bits per heavy atom. The third-order valence-electron chi connectivity index (χ3n) is 2.44. The molecule has 0 aromatic rings. The molecule has 0 radical (unpaired) electrons. The Kier molecular flexibility index (Phi) is 6.04. The van der Waals surface area contributed by atoms with Crippen LogP contribution in [-0.4, -0.2) is 13.7 Å². The SMILES string of the molecule is C=CCC(C)C(CCCC)S(N)(=O)=O. The lowest BCUT2D eigenvalue weighted by Gasteiger charge is -2.20. The molecule has 0 spiro atoms. The van der Waals surface area contributed by atoms with Crippen molar-refractivity contribution < 1.29 is 8.42 Å². The molecule has 2 unspecified atom stereocenters. The van der Waals surface area contributed by atoms with Crippen LogP contribution in [0, 0.1) is 5.92 Å². The predicted octanol–water partition coefficient (Wildman–Crippen LogP) is 2.05. The van der Waals surface area contributed by atoms with Crippen LogP contribution >= 0.6 is 0 Å². The monoisotopic (exact) mass is 219 g/mol. The second-order valence-corrected chi connectivity index (χ2v) is 5.55. The van der Waals surface area contributed by atoms with Gasteiger partial charge >= 0.3 is 0 Å². The number of rotatable bonds is 7. The van der Waals surface area contributed by atoms with Crippen LogP contribution in [0.15, 0.2) is 12.7 Å². The summed E-state index contributed by atoms with van der Waals surface area (Å²) < 4.78 is 22.6. The Balaban J connectivity index is 4.46. The predicted molar refractivity (Wildman–Crippen MR) is 60.4 cm³/mol. The highest BCUT2D eigenvalue weighted by Crippen LogP contribution is 2.20. The van der Waals surface area contributed by atoms with E-state index >= 15 is 0 Å². The maximum Gasteiger partial charge on any atom is 0.212 e. The number of sulfonamides is 1. The van der Waals surface area contributed by atoms with E-state index in [4.69, 9.17) is 5.14 Å². The molecule has 0 saturated carbocycles. The highest BCUT2D eigenvalue weighted by molar-refractivity contribution is 7.89. The van der Waals surface area contributed by atoms with Gasteiger partial charge in [-0.05, 0) is 18.8 Å². The van der Waals surface area contributed by atoms with Gasteiger partial charge in [0.25, 0.3) is 0 Å². The Morgan fingerprint density at radius 1 is 1.50 bits per heavy atom. The van der Waals surface area contributed by atoms with Crippen molar-refractivity contribution >= 4 is 10.0 Å². The van der Waals surface area contributed by atoms with Gasteiger partial charge in [-0.3, -0.25) is 0 Å². The minimum Gasteiger partial charge on any atom is -0.228 e. The lowest BCUT2D eigenvalue weighted by Crippen LogP contribution is -2.33. The number of primary sulfonamides is 1. The van der Waals surface area contributed by atoms with Crippen molar-refractivity contribution in [2.75, 3.05) is 0 Å². The summed E-state index contributed by atoms with van der Waals surface area (Å²) in [4.78, 5) is 0. The molecule has 0 bridgehead atoms. The first kappa shape index (κ1) is 13.7. The van der Waals surface area contributed by atoms with Gasteiger partial charge < -0.3 is 0 Å². The maximum absolute atomic E-state index is 11.3. The Labute approximate surface area is 87.4 Å². The fourth-order valence-electron chi connectivity index (χ4n) is 1.59. The summed E-state index contributed by atoms with van der Waals surface area (Å²) in [5, 5.41) is 4.77. The van der Waals surface area contributed by atoms with Crippen LogP contribution in [-0.2, 0) is 10.0 Å². The highest BCUT2D eigenvalue weighted by Gasteiger charge is 2.26. The quantitative estimate of drug-likeness (QED) is 0.666. The van der Waals surface area contributed by atoms with Gasteiger partial charge in [0.1, 0.15) is 0 Å². The molecule has 14 heavy (non-hydrogen) atoms. The molecule has 4 heteroatoms. The normalized spacial score (nSPS) is 16.2. The standard InChI is InChI=1S/C10H21NO2S/c1-4-6-8-10(14(11,12)13)9(3)7-5-2/h5,9-10H,2,4,6-8H2,1,3H3,(H2,11,12,13). The molecule has 0 fully saturated rings. The lowest BCUT2D eigenvalue weighted by molar-refractivity contribution is 0.478. The number of allylic oxidation sites excluding steroid dienone is 1. The molecule has 3 nitrogen and oxygen atoms in total. The van der Waals surface area contributed by atoms with Crippen molar-refractivity contribution in [2.24, 2.45) is 11.1 Å². The number of hydrogen-bond acceptors (Lipinski definition) is 2. The minimum atomic E-state index is -3.41. The highest BCUT2D eigenvalue weighted by atomic mass is 32.2. The van der Waals surface area contributed by atoms with Gasteiger partial charge in [0, 0.05) is 0 Å². The van der Waals surface area contributed by atoms with Gasteiger partial charge in [0.05, 0.1) is 5.25 Å². The van der Waals surface area contributed by atoms with E-state index in [2.05, 4.69) is 6.58 Å². The average molecular weight is 219 g/mol. The minimum absolute atomic E-state index is 0.0639. The van der Waals surface area contributed by atoms with E-state index in [1.165, 1.54) is 0 Å². The molecule has 0 rings (SSSR count). The van der Waals surface area contributed by atoms with Crippen LogP contribution in [0.1, 0.15) is 39.5 Å². The van der Waals surface area contributed by atoms with Crippen LogP contribution in [0.4, 0.5) is 0 Å². The third-order valence-corrected chi connectivity index (χ3v) is 3.98. The van der Waals surface area contributed by atoms with Crippen molar-refractivity contribution in [2.45, 2.75) is 44.8 Å². The van der Waals surface area contributed by atoms with Gasteiger partial charge in [-0.1, -0.05) is 32.8 Å². The largest absolute Gasteiger partial charge is 0.228 e.